The van der Waals surface area contributed by atoms with E-state index in [1.165, 1.54) is 4.57 Å². The van der Waals surface area contributed by atoms with E-state index < -0.39 is 0 Å². The third-order valence-electron chi connectivity index (χ3n) is 4.78. The number of aryl methyl sites for hydroxylation is 1. The zero-order valence-corrected chi connectivity index (χ0v) is 13.7. The van der Waals surface area contributed by atoms with Crippen molar-refractivity contribution in [3.63, 3.8) is 0 Å². The summed E-state index contributed by atoms with van der Waals surface area (Å²) in [6, 6.07) is 0.0516. The molecule has 7 nitrogen and oxygen atoms in total. The molecule has 0 bridgehead atoms. The zero-order valence-electron chi connectivity index (χ0n) is 13.7. The Morgan fingerprint density at radius 1 is 1.43 bits per heavy atom. The van der Waals surface area contributed by atoms with Crippen LogP contribution in [0.4, 0.5) is 5.82 Å². The lowest BCUT2D eigenvalue weighted by atomic mass is 9.99. The van der Waals surface area contributed by atoms with Gasteiger partial charge in [0.15, 0.2) is 5.82 Å². The van der Waals surface area contributed by atoms with E-state index in [-0.39, 0.29) is 29.5 Å². The second-order valence-corrected chi connectivity index (χ2v) is 6.43. The van der Waals surface area contributed by atoms with Gasteiger partial charge in [0.1, 0.15) is 0 Å². The number of carbonyl (C=O) groups excluding carboxylic acids is 1. The van der Waals surface area contributed by atoms with Crippen LogP contribution in [0.5, 0.6) is 0 Å². The van der Waals surface area contributed by atoms with E-state index in [4.69, 9.17) is 4.74 Å². The molecule has 1 amide bonds. The fourth-order valence-electron chi connectivity index (χ4n) is 3.37. The number of anilines is 1. The number of nitrogens with zero attached hydrogens (tertiary/aromatic N) is 3. The first-order valence-electron chi connectivity index (χ1n) is 8.25. The van der Waals surface area contributed by atoms with Crippen molar-refractivity contribution in [1.82, 2.24) is 14.9 Å². The fourth-order valence-corrected chi connectivity index (χ4v) is 3.37. The van der Waals surface area contributed by atoms with Crippen molar-refractivity contribution in [2.24, 2.45) is 13.0 Å². The average Bonchev–Trinajstić information content (AvgIpc) is 2.96. The highest BCUT2D eigenvalue weighted by Crippen LogP contribution is 2.21. The van der Waals surface area contributed by atoms with Gasteiger partial charge in [0.25, 0.3) is 5.56 Å². The first-order chi connectivity index (χ1) is 11.1. The number of hydrogen-bond donors (Lipinski definition) is 1. The monoisotopic (exact) mass is 320 g/mol. The molecule has 2 aliphatic rings. The quantitative estimate of drug-likeness (QED) is 0.866. The van der Waals surface area contributed by atoms with Crippen LogP contribution in [0.1, 0.15) is 26.2 Å². The molecule has 1 N–H and O–H groups in total. The van der Waals surface area contributed by atoms with E-state index in [1.54, 1.807) is 19.4 Å². The minimum Gasteiger partial charge on any atom is -0.378 e. The Kier molecular flexibility index (Phi) is 4.66. The topological polar surface area (TPSA) is 76.5 Å². The second-order valence-electron chi connectivity index (χ2n) is 6.43. The molecule has 0 radical (unpaired) electrons. The highest BCUT2D eigenvalue weighted by Gasteiger charge is 2.33. The molecule has 0 saturated carbocycles. The molecule has 2 fully saturated rings. The number of hydrogen-bond acceptors (Lipinski definition) is 5. The molecule has 23 heavy (non-hydrogen) atoms. The van der Waals surface area contributed by atoms with Gasteiger partial charge >= 0.3 is 0 Å². The van der Waals surface area contributed by atoms with Crippen LogP contribution in [0, 0.1) is 5.92 Å². The van der Waals surface area contributed by atoms with Gasteiger partial charge in [-0.1, -0.05) is 0 Å². The van der Waals surface area contributed by atoms with Gasteiger partial charge in [0, 0.05) is 45.2 Å². The van der Waals surface area contributed by atoms with E-state index in [0.29, 0.717) is 19.0 Å². The van der Waals surface area contributed by atoms with Crippen molar-refractivity contribution in [2.45, 2.75) is 38.3 Å². The van der Waals surface area contributed by atoms with Gasteiger partial charge in [-0.3, -0.25) is 9.59 Å². The SMILES string of the molecule is C[C@@H]1OCC[C@@H]1C(=O)N[C@H]1CCCN(c2nccn(C)c2=O)C1. The molecule has 3 atom stereocenters. The molecule has 1 aromatic rings. The summed E-state index contributed by atoms with van der Waals surface area (Å²) in [6.07, 6.45) is 5.91. The number of aromatic nitrogens is 2. The predicted octanol–water partition coefficient (Wildman–Crippen LogP) is 0.290. The summed E-state index contributed by atoms with van der Waals surface area (Å²) in [5, 5.41) is 3.13. The molecule has 0 aliphatic carbocycles. The van der Waals surface area contributed by atoms with Gasteiger partial charge in [0.2, 0.25) is 5.91 Å². The number of nitrogens with one attached hydrogen (secondary N) is 1. The number of carbonyl (C=O) groups is 1. The highest BCUT2D eigenvalue weighted by atomic mass is 16.5. The van der Waals surface area contributed by atoms with Crippen LogP contribution in [0.2, 0.25) is 0 Å². The van der Waals surface area contributed by atoms with Gasteiger partial charge in [-0.15, -0.1) is 0 Å². The third kappa shape index (κ3) is 3.39. The summed E-state index contributed by atoms with van der Waals surface area (Å²) in [6.45, 7) is 4.02. The minimum atomic E-state index is -0.0997. The predicted molar refractivity (Wildman–Crippen MR) is 86.4 cm³/mol. The molecule has 0 aromatic carbocycles. The van der Waals surface area contributed by atoms with Crippen molar-refractivity contribution < 1.29 is 9.53 Å². The Morgan fingerprint density at radius 2 is 2.26 bits per heavy atom. The molecule has 3 rings (SSSR count). The maximum atomic E-state index is 12.4. The molecule has 2 aliphatic heterocycles. The average molecular weight is 320 g/mol. The molecule has 2 saturated heterocycles. The molecule has 7 heteroatoms. The second kappa shape index (κ2) is 6.70. The third-order valence-corrected chi connectivity index (χ3v) is 4.78. The summed E-state index contributed by atoms with van der Waals surface area (Å²) in [4.78, 5) is 30.8. The molecule has 3 heterocycles. The first-order valence-corrected chi connectivity index (χ1v) is 8.25. The molecular formula is C16H24N4O3. The standard InChI is InChI=1S/C16H24N4O3/c1-11-13(5-9-23-11)15(21)18-12-4-3-7-20(10-12)14-16(22)19(2)8-6-17-14/h6,8,11-13H,3-5,7,9-10H2,1-2H3,(H,18,21)/t11-,12-,13-/m0/s1. The van der Waals surface area contributed by atoms with Crippen LogP contribution >= 0.6 is 0 Å². The van der Waals surface area contributed by atoms with Crippen molar-refractivity contribution in [3.05, 3.63) is 22.7 Å². The van der Waals surface area contributed by atoms with Crippen molar-refractivity contribution >= 4 is 11.7 Å². The Labute approximate surface area is 135 Å². The zero-order chi connectivity index (χ0) is 16.4. The maximum Gasteiger partial charge on any atom is 0.293 e. The minimum absolute atomic E-state index is 0.0159. The summed E-state index contributed by atoms with van der Waals surface area (Å²) >= 11 is 0. The largest absolute Gasteiger partial charge is 0.378 e. The van der Waals surface area contributed by atoms with Gasteiger partial charge in [-0.05, 0) is 26.2 Å². The number of ether oxygens (including phenoxy) is 1. The lowest BCUT2D eigenvalue weighted by molar-refractivity contribution is -0.127. The van der Waals surface area contributed by atoms with E-state index >= 15 is 0 Å². The smallest absolute Gasteiger partial charge is 0.293 e. The molecule has 0 unspecified atom stereocenters. The number of piperidine rings is 1. The fraction of sp³-hybridized carbons (Fsp3) is 0.688. The lowest BCUT2D eigenvalue weighted by Crippen LogP contribution is -2.51. The van der Waals surface area contributed by atoms with Gasteiger partial charge in [0.05, 0.1) is 12.0 Å². The molecule has 1 aromatic heterocycles. The molecule has 0 spiro atoms. The highest BCUT2D eigenvalue weighted by molar-refractivity contribution is 5.79. The van der Waals surface area contributed by atoms with Crippen molar-refractivity contribution in [1.29, 1.82) is 0 Å². The van der Waals surface area contributed by atoms with E-state index in [2.05, 4.69) is 10.3 Å². The Bertz CT molecular complexity index is 630. The van der Waals surface area contributed by atoms with Crippen molar-refractivity contribution in [3.8, 4) is 0 Å². The Hall–Kier alpha value is -1.89. The van der Waals surface area contributed by atoms with E-state index in [0.717, 1.165) is 25.8 Å². The van der Waals surface area contributed by atoms with E-state index in [1.807, 2.05) is 11.8 Å². The Morgan fingerprint density at radius 3 is 3.00 bits per heavy atom. The first kappa shape index (κ1) is 16.0. The van der Waals surface area contributed by atoms with Crippen molar-refractivity contribution in [2.75, 3.05) is 24.6 Å². The van der Waals surface area contributed by atoms with Gasteiger partial charge in [-0.25, -0.2) is 4.98 Å². The Balaban J connectivity index is 1.65. The normalized spacial score (nSPS) is 27.9. The maximum absolute atomic E-state index is 12.4. The van der Waals surface area contributed by atoms with Crippen LogP contribution in [0.3, 0.4) is 0 Å². The van der Waals surface area contributed by atoms with Crippen LogP contribution in [0.15, 0.2) is 17.2 Å². The van der Waals surface area contributed by atoms with Gasteiger partial charge in [-0.2, -0.15) is 0 Å². The van der Waals surface area contributed by atoms with Crippen LogP contribution in [-0.4, -0.2) is 47.3 Å². The summed E-state index contributed by atoms with van der Waals surface area (Å²) < 4.78 is 7.00. The van der Waals surface area contributed by atoms with Gasteiger partial charge < -0.3 is 19.5 Å². The van der Waals surface area contributed by atoms with E-state index in [9.17, 15) is 9.59 Å². The van der Waals surface area contributed by atoms with Crippen LogP contribution < -0.4 is 15.8 Å². The molecule has 126 valence electrons. The van der Waals surface area contributed by atoms with Crippen LogP contribution in [0.25, 0.3) is 0 Å². The number of rotatable bonds is 3. The summed E-state index contributed by atoms with van der Waals surface area (Å²) in [7, 11) is 1.72. The molecular weight excluding hydrogens is 296 g/mol. The lowest BCUT2D eigenvalue weighted by Gasteiger charge is -2.34. The summed E-state index contributed by atoms with van der Waals surface area (Å²) in [5.41, 5.74) is -0.0997. The number of amides is 1. The van der Waals surface area contributed by atoms with Crippen LogP contribution in [-0.2, 0) is 16.6 Å². The summed E-state index contributed by atoms with van der Waals surface area (Å²) in [5.74, 6) is 0.468.